The van der Waals surface area contributed by atoms with Crippen molar-refractivity contribution >= 4 is 29.1 Å². The van der Waals surface area contributed by atoms with Gasteiger partial charge < -0.3 is 10.5 Å². The van der Waals surface area contributed by atoms with E-state index in [0.29, 0.717) is 16.7 Å². The van der Waals surface area contributed by atoms with Crippen LogP contribution < -0.4 is 10.5 Å². The van der Waals surface area contributed by atoms with E-state index in [1.807, 2.05) is 30.3 Å². The molecule has 6 heteroatoms. The van der Waals surface area contributed by atoms with Crippen molar-refractivity contribution in [2.75, 3.05) is 6.54 Å². The van der Waals surface area contributed by atoms with Gasteiger partial charge in [-0.1, -0.05) is 41.4 Å². The summed E-state index contributed by atoms with van der Waals surface area (Å²) in [4.78, 5) is 13.6. The lowest BCUT2D eigenvalue weighted by atomic mass is 10.1. The number of ether oxygens (including phenoxy) is 1. The molecule has 1 amide bonds. The SMILES string of the molecule is NC(=O)C1CCCN1Cc1ccc(OCc2ccc(Cl)c(Cl)c2)cc1. The lowest BCUT2D eigenvalue weighted by molar-refractivity contribution is -0.122. The zero-order valence-corrected chi connectivity index (χ0v) is 15.3. The predicted octanol–water partition coefficient (Wildman–Crippen LogP) is 4.02. The summed E-state index contributed by atoms with van der Waals surface area (Å²) in [6.45, 7) is 2.05. The summed E-state index contributed by atoms with van der Waals surface area (Å²) in [6, 6.07) is 13.2. The summed E-state index contributed by atoms with van der Waals surface area (Å²) in [5.41, 5.74) is 7.55. The molecule has 1 aliphatic heterocycles. The summed E-state index contributed by atoms with van der Waals surface area (Å²) >= 11 is 11.9. The molecule has 0 saturated carbocycles. The van der Waals surface area contributed by atoms with Gasteiger partial charge in [0.15, 0.2) is 0 Å². The fourth-order valence-electron chi connectivity index (χ4n) is 3.06. The van der Waals surface area contributed by atoms with Gasteiger partial charge in [0, 0.05) is 6.54 Å². The summed E-state index contributed by atoms with van der Waals surface area (Å²) in [7, 11) is 0. The maximum absolute atomic E-state index is 11.5. The molecule has 2 N–H and O–H groups in total. The highest BCUT2D eigenvalue weighted by atomic mass is 35.5. The van der Waals surface area contributed by atoms with Crippen molar-refractivity contribution in [3.63, 3.8) is 0 Å². The first-order valence-electron chi connectivity index (χ1n) is 8.22. The average Bonchev–Trinajstić information content (AvgIpc) is 3.06. The minimum absolute atomic E-state index is 0.148. The number of hydrogen-bond donors (Lipinski definition) is 1. The number of nitrogens with two attached hydrogens (primary N) is 1. The highest BCUT2D eigenvalue weighted by Crippen LogP contribution is 2.24. The number of hydrogen-bond acceptors (Lipinski definition) is 3. The second kappa shape index (κ2) is 8.09. The van der Waals surface area contributed by atoms with Gasteiger partial charge >= 0.3 is 0 Å². The predicted molar refractivity (Wildman–Crippen MR) is 99.9 cm³/mol. The molecule has 2 aromatic rings. The smallest absolute Gasteiger partial charge is 0.234 e. The van der Waals surface area contributed by atoms with E-state index in [0.717, 1.165) is 42.8 Å². The number of carbonyl (C=O) groups is 1. The molecule has 0 spiro atoms. The zero-order chi connectivity index (χ0) is 17.8. The maximum atomic E-state index is 11.5. The fourth-order valence-corrected chi connectivity index (χ4v) is 3.38. The van der Waals surface area contributed by atoms with E-state index >= 15 is 0 Å². The van der Waals surface area contributed by atoms with Gasteiger partial charge in [-0.15, -0.1) is 0 Å². The molecule has 1 unspecified atom stereocenters. The van der Waals surface area contributed by atoms with Gasteiger partial charge in [0.05, 0.1) is 16.1 Å². The molecule has 1 saturated heterocycles. The van der Waals surface area contributed by atoms with Crippen LogP contribution in [0.5, 0.6) is 5.75 Å². The van der Waals surface area contributed by atoms with Gasteiger partial charge in [-0.2, -0.15) is 0 Å². The molecule has 2 aromatic carbocycles. The molecule has 1 fully saturated rings. The molecule has 0 radical (unpaired) electrons. The van der Waals surface area contributed by atoms with Gasteiger partial charge in [0.2, 0.25) is 5.91 Å². The number of primary amides is 1. The largest absolute Gasteiger partial charge is 0.489 e. The van der Waals surface area contributed by atoms with Crippen molar-refractivity contribution < 1.29 is 9.53 Å². The minimum Gasteiger partial charge on any atom is -0.489 e. The standard InChI is InChI=1S/C19H20Cl2N2O2/c20-16-8-5-14(10-17(16)21)12-25-15-6-3-13(4-7-15)11-23-9-1-2-18(23)19(22)24/h3-8,10,18H,1-2,9,11-12H2,(H2,22,24). The number of likely N-dealkylation sites (tertiary alicyclic amines) is 1. The molecule has 132 valence electrons. The molecule has 1 atom stereocenters. The van der Waals surface area contributed by atoms with Crippen LogP contribution in [0.1, 0.15) is 24.0 Å². The first kappa shape index (κ1) is 18.1. The van der Waals surface area contributed by atoms with Crippen LogP contribution in [0.3, 0.4) is 0 Å². The highest BCUT2D eigenvalue weighted by molar-refractivity contribution is 6.42. The molecule has 0 bridgehead atoms. The number of halogens is 2. The highest BCUT2D eigenvalue weighted by Gasteiger charge is 2.28. The van der Waals surface area contributed by atoms with Crippen LogP contribution in [0.15, 0.2) is 42.5 Å². The van der Waals surface area contributed by atoms with E-state index in [1.54, 1.807) is 12.1 Å². The van der Waals surface area contributed by atoms with Crippen LogP contribution in [-0.2, 0) is 17.9 Å². The third-order valence-corrected chi connectivity index (χ3v) is 5.13. The number of carbonyl (C=O) groups excluding carboxylic acids is 1. The zero-order valence-electron chi connectivity index (χ0n) is 13.8. The third-order valence-electron chi connectivity index (χ3n) is 4.39. The number of amides is 1. The van der Waals surface area contributed by atoms with Crippen molar-refractivity contribution in [3.05, 3.63) is 63.6 Å². The summed E-state index contributed by atoms with van der Waals surface area (Å²) in [5, 5.41) is 1.05. The topological polar surface area (TPSA) is 55.6 Å². The molecular weight excluding hydrogens is 359 g/mol. The van der Waals surface area contributed by atoms with E-state index < -0.39 is 0 Å². The first-order valence-corrected chi connectivity index (χ1v) is 8.97. The van der Waals surface area contributed by atoms with Crippen molar-refractivity contribution in [1.29, 1.82) is 0 Å². The van der Waals surface area contributed by atoms with Crippen molar-refractivity contribution in [2.24, 2.45) is 5.73 Å². The quantitative estimate of drug-likeness (QED) is 0.825. The minimum atomic E-state index is -0.237. The van der Waals surface area contributed by atoms with Crippen LogP contribution in [0.4, 0.5) is 0 Å². The number of benzene rings is 2. The summed E-state index contributed by atoms with van der Waals surface area (Å²) in [6.07, 6.45) is 1.86. The second-order valence-corrected chi connectivity index (χ2v) is 7.03. The van der Waals surface area contributed by atoms with Crippen LogP contribution in [0, 0.1) is 0 Å². The molecule has 1 aliphatic rings. The Morgan fingerprint density at radius 3 is 2.52 bits per heavy atom. The maximum Gasteiger partial charge on any atom is 0.234 e. The number of nitrogens with zero attached hydrogens (tertiary/aromatic N) is 1. The molecule has 0 aliphatic carbocycles. The van der Waals surface area contributed by atoms with Gasteiger partial charge in [0.25, 0.3) is 0 Å². The van der Waals surface area contributed by atoms with Gasteiger partial charge in [-0.25, -0.2) is 0 Å². The Bertz CT molecular complexity index is 750. The molecule has 4 nitrogen and oxygen atoms in total. The van der Waals surface area contributed by atoms with Crippen LogP contribution in [0.25, 0.3) is 0 Å². The Morgan fingerprint density at radius 1 is 1.12 bits per heavy atom. The van der Waals surface area contributed by atoms with Crippen molar-refractivity contribution in [3.8, 4) is 5.75 Å². The van der Waals surface area contributed by atoms with E-state index in [4.69, 9.17) is 33.7 Å². The van der Waals surface area contributed by atoms with Crippen LogP contribution in [-0.4, -0.2) is 23.4 Å². The van der Waals surface area contributed by atoms with E-state index in [-0.39, 0.29) is 11.9 Å². The second-order valence-electron chi connectivity index (χ2n) is 6.21. The van der Waals surface area contributed by atoms with Gasteiger partial charge in [-0.3, -0.25) is 9.69 Å². The average molecular weight is 379 g/mol. The molecule has 1 heterocycles. The van der Waals surface area contributed by atoms with E-state index in [9.17, 15) is 4.79 Å². The Labute approximate surface area is 157 Å². The Morgan fingerprint density at radius 2 is 1.84 bits per heavy atom. The lowest BCUT2D eigenvalue weighted by Gasteiger charge is -2.21. The van der Waals surface area contributed by atoms with Crippen molar-refractivity contribution in [2.45, 2.75) is 32.0 Å². The number of rotatable bonds is 6. The van der Waals surface area contributed by atoms with E-state index in [1.165, 1.54) is 0 Å². The Balaban J connectivity index is 1.56. The summed E-state index contributed by atoms with van der Waals surface area (Å²) in [5.74, 6) is 0.543. The van der Waals surface area contributed by atoms with Crippen molar-refractivity contribution in [1.82, 2.24) is 4.90 Å². The summed E-state index contributed by atoms with van der Waals surface area (Å²) < 4.78 is 5.78. The fraction of sp³-hybridized carbons (Fsp3) is 0.316. The lowest BCUT2D eigenvalue weighted by Crippen LogP contribution is -2.39. The first-order chi connectivity index (χ1) is 12.0. The monoisotopic (exact) mass is 378 g/mol. The Kier molecular flexibility index (Phi) is 5.84. The third kappa shape index (κ3) is 4.66. The van der Waals surface area contributed by atoms with Crippen LogP contribution >= 0.6 is 23.2 Å². The van der Waals surface area contributed by atoms with Gasteiger partial charge in [-0.05, 0) is 54.8 Å². The molecule has 0 aromatic heterocycles. The normalized spacial score (nSPS) is 17.6. The van der Waals surface area contributed by atoms with Crippen LogP contribution in [0.2, 0.25) is 10.0 Å². The molecular formula is C19H20Cl2N2O2. The Hall–Kier alpha value is -1.75. The van der Waals surface area contributed by atoms with Gasteiger partial charge in [0.1, 0.15) is 12.4 Å². The van der Waals surface area contributed by atoms with E-state index in [2.05, 4.69) is 4.90 Å². The molecule has 25 heavy (non-hydrogen) atoms. The molecule has 3 rings (SSSR count).